The Hall–Kier alpha value is -2.87. The molecule has 3 aromatic rings. The highest BCUT2D eigenvalue weighted by molar-refractivity contribution is 5.61. The number of allylic oxidation sites excluding steroid dienone is 2. The van der Waals surface area contributed by atoms with E-state index < -0.39 is 0 Å². The van der Waals surface area contributed by atoms with Crippen molar-refractivity contribution in [2.24, 2.45) is 0 Å². The third-order valence-corrected chi connectivity index (χ3v) is 3.65. The van der Waals surface area contributed by atoms with E-state index in [9.17, 15) is 4.79 Å². The summed E-state index contributed by atoms with van der Waals surface area (Å²) in [5.41, 5.74) is 2.91. The van der Waals surface area contributed by atoms with E-state index in [2.05, 4.69) is 24.3 Å². The molecule has 3 rings (SSSR count). The monoisotopic (exact) mass is 302 g/mol. The second-order valence-electron chi connectivity index (χ2n) is 5.34. The first-order valence-corrected chi connectivity index (χ1v) is 7.70. The van der Waals surface area contributed by atoms with E-state index in [-0.39, 0.29) is 5.63 Å². The minimum Gasteiger partial charge on any atom is -0.422 e. The molecule has 0 spiro atoms. The predicted octanol–water partition coefficient (Wildman–Crippen LogP) is 4.65. The average Bonchev–Trinajstić information content (AvgIpc) is 2.61. The largest absolute Gasteiger partial charge is 0.422 e. The molecule has 23 heavy (non-hydrogen) atoms. The molecule has 114 valence electrons. The van der Waals surface area contributed by atoms with Crippen LogP contribution in [-0.2, 0) is 12.8 Å². The Labute approximate surface area is 135 Å². The van der Waals surface area contributed by atoms with Gasteiger partial charge in [-0.3, -0.25) is 0 Å². The van der Waals surface area contributed by atoms with Gasteiger partial charge in [-0.05, 0) is 30.0 Å². The second-order valence-corrected chi connectivity index (χ2v) is 5.34. The summed E-state index contributed by atoms with van der Waals surface area (Å²) in [6, 6.07) is 23.4. The fourth-order valence-electron chi connectivity index (χ4n) is 2.48. The Morgan fingerprint density at radius 1 is 0.739 bits per heavy atom. The molecular weight excluding hydrogens is 284 g/mol. The van der Waals surface area contributed by atoms with Crippen LogP contribution in [0.5, 0.6) is 0 Å². The summed E-state index contributed by atoms with van der Waals surface area (Å²) in [6.45, 7) is 0. The maximum absolute atomic E-state index is 11.5. The topological polar surface area (TPSA) is 30.2 Å². The summed E-state index contributed by atoms with van der Waals surface area (Å²) < 4.78 is 5.42. The first kappa shape index (κ1) is 15.0. The van der Waals surface area contributed by atoms with Crippen LogP contribution in [0.1, 0.15) is 11.1 Å². The average molecular weight is 302 g/mol. The summed E-state index contributed by atoms with van der Waals surface area (Å²) in [5.74, 6) is 0.655. The van der Waals surface area contributed by atoms with Gasteiger partial charge in [0.15, 0.2) is 0 Å². The van der Waals surface area contributed by atoms with Crippen molar-refractivity contribution in [2.75, 3.05) is 0 Å². The molecule has 2 heteroatoms. The molecule has 0 N–H and O–H groups in total. The highest BCUT2D eigenvalue weighted by Crippen LogP contribution is 2.22. The van der Waals surface area contributed by atoms with Gasteiger partial charge < -0.3 is 4.42 Å². The standard InChI is InChI=1S/C21H18O2/c22-20-16-15-19(21(23-20)18-12-5-2-6-13-18)14-8-7-11-17-9-3-1-4-10-17/h1-10,12-13,15-16H,11,14H2/b8-7+. The van der Waals surface area contributed by atoms with Gasteiger partial charge in [-0.15, -0.1) is 0 Å². The summed E-state index contributed by atoms with van der Waals surface area (Å²) in [6.07, 6.45) is 5.91. The number of rotatable bonds is 5. The molecule has 0 aliphatic rings. The summed E-state index contributed by atoms with van der Waals surface area (Å²) >= 11 is 0. The van der Waals surface area contributed by atoms with Crippen molar-refractivity contribution in [3.05, 3.63) is 106 Å². The summed E-state index contributed by atoms with van der Waals surface area (Å²) in [7, 11) is 0. The number of hydrogen-bond acceptors (Lipinski definition) is 2. The molecule has 0 radical (unpaired) electrons. The highest BCUT2D eigenvalue weighted by atomic mass is 16.4. The molecule has 2 nitrogen and oxygen atoms in total. The van der Waals surface area contributed by atoms with Gasteiger partial charge in [0.25, 0.3) is 0 Å². The lowest BCUT2D eigenvalue weighted by molar-refractivity contribution is 0.521. The van der Waals surface area contributed by atoms with Gasteiger partial charge in [-0.2, -0.15) is 0 Å². The van der Waals surface area contributed by atoms with Crippen LogP contribution in [0, 0.1) is 0 Å². The van der Waals surface area contributed by atoms with Crippen LogP contribution in [-0.4, -0.2) is 0 Å². The van der Waals surface area contributed by atoms with Crippen LogP contribution in [0.25, 0.3) is 11.3 Å². The lowest BCUT2D eigenvalue weighted by Crippen LogP contribution is -2.00. The number of benzene rings is 2. The summed E-state index contributed by atoms with van der Waals surface area (Å²) in [4.78, 5) is 11.5. The molecule has 0 bridgehead atoms. The Balaban J connectivity index is 1.77. The van der Waals surface area contributed by atoms with Gasteiger partial charge in [0, 0.05) is 11.6 Å². The van der Waals surface area contributed by atoms with Gasteiger partial charge in [0.05, 0.1) is 0 Å². The molecule has 0 saturated heterocycles. The lowest BCUT2D eigenvalue weighted by atomic mass is 10.0. The van der Waals surface area contributed by atoms with Gasteiger partial charge in [-0.1, -0.05) is 72.8 Å². The van der Waals surface area contributed by atoms with Crippen LogP contribution in [0.15, 0.2) is 94.2 Å². The van der Waals surface area contributed by atoms with E-state index >= 15 is 0 Å². The van der Waals surface area contributed by atoms with Gasteiger partial charge in [0.1, 0.15) is 5.76 Å². The molecule has 0 atom stereocenters. The normalized spacial score (nSPS) is 11.0. The molecule has 0 saturated carbocycles. The summed E-state index contributed by atoms with van der Waals surface area (Å²) in [5, 5.41) is 0. The minimum atomic E-state index is -0.319. The van der Waals surface area contributed by atoms with Crippen LogP contribution >= 0.6 is 0 Å². The van der Waals surface area contributed by atoms with E-state index in [0.29, 0.717) is 5.76 Å². The van der Waals surface area contributed by atoms with E-state index in [1.807, 2.05) is 54.6 Å². The van der Waals surface area contributed by atoms with E-state index in [1.54, 1.807) is 0 Å². The van der Waals surface area contributed by atoms with Crippen LogP contribution in [0.4, 0.5) is 0 Å². The second kappa shape index (κ2) is 7.41. The SMILES string of the molecule is O=c1ccc(C/C=C/Cc2ccccc2)c(-c2ccccc2)o1. The lowest BCUT2D eigenvalue weighted by Gasteiger charge is -2.05. The zero-order valence-corrected chi connectivity index (χ0v) is 12.8. The van der Waals surface area contributed by atoms with Crippen LogP contribution in [0.3, 0.4) is 0 Å². The quantitative estimate of drug-likeness (QED) is 0.642. The van der Waals surface area contributed by atoms with E-state index in [0.717, 1.165) is 24.0 Å². The zero-order chi connectivity index (χ0) is 15.9. The molecule has 0 unspecified atom stereocenters. The van der Waals surface area contributed by atoms with E-state index in [1.165, 1.54) is 11.6 Å². The third kappa shape index (κ3) is 4.07. The highest BCUT2D eigenvalue weighted by Gasteiger charge is 2.07. The molecule has 0 amide bonds. The van der Waals surface area contributed by atoms with Crippen LogP contribution in [0.2, 0.25) is 0 Å². The van der Waals surface area contributed by atoms with Gasteiger partial charge >= 0.3 is 5.63 Å². The van der Waals surface area contributed by atoms with Crippen molar-refractivity contribution >= 4 is 0 Å². The van der Waals surface area contributed by atoms with Crippen molar-refractivity contribution < 1.29 is 4.42 Å². The predicted molar refractivity (Wildman–Crippen MR) is 93.4 cm³/mol. The minimum absolute atomic E-state index is 0.319. The fourth-order valence-corrected chi connectivity index (χ4v) is 2.48. The van der Waals surface area contributed by atoms with Crippen LogP contribution < -0.4 is 5.63 Å². The van der Waals surface area contributed by atoms with Crippen molar-refractivity contribution in [1.29, 1.82) is 0 Å². The first-order chi connectivity index (χ1) is 11.3. The molecule has 0 aliphatic carbocycles. The molecule has 0 fully saturated rings. The first-order valence-electron chi connectivity index (χ1n) is 7.70. The van der Waals surface area contributed by atoms with Crippen molar-refractivity contribution in [2.45, 2.75) is 12.8 Å². The molecule has 1 heterocycles. The Bertz CT molecular complexity index is 830. The smallest absolute Gasteiger partial charge is 0.336 e. The zero-order valence-electron chi connectivity index (χ0n) is 12.8. The number of hydrogen-bond donors (Lipinski definition) is 0. The Morgan fingerprint density at radius 2 is 1.39 bits per heavy atom. The fraction of sp³-hybridized carbons (Fsp3) is 0.0952. The Morgan fingerprint density at radius 3 is 2.13 bits per heavy atom. The third-order valence-electron chi connectivity index (χ3n) is 3.65. The molecule has 1 aromatic heterocycles. The maximum Gasteiger partial charge on any atom is 0.336 e. The van der Waals surface area contributed by atoms with Crippen molar-refractivity contribution in [3.63, 3.8) is 0 Å². The van der Waals surface area contributed by atoms with Gasteiger partial charge in [0.2, 0.25) is 0 Å². The van der Waals surface area contributed by atoms with Crippen molar-refractivity contribution in [1.82, 2.24) is 0 Å². The maximum atomic E-state index is 11.5. The molecule has 0 aliphatic heterocycles. The van der Waals surface area contributed by atoms with Gasteiger partial charge in [-0.25, -0.2) is 4.79 Å². The Kier molecular flexibility index (Phi) is 4.85. The van der Waals surface area contributed by atoms with Crippen molar-refractivity contribution in [3.8, 4) is 11.3 Å². The van der Waals surface area contributed by atoms with E-state index in [4.69, 9.17) is 4.42 Å². The molecular formula is C21H18O2. The molecule has 2 aromatic carbocycles.